The van der Waals surface area contributed by atoms with Crippen molar-refractivity contribution in [2.75, 3.05) is 13.3 Å². The van der Waals surface area contributed by atoms with Crippen LogP contribution in [-0.2, 0) is 38.0 Å². The lowest BCUT2D eigenvalue weighted by atomic mass is 9.55. The zero-order valence-corrected chi connectivity index (χ0v) is 30.3. The summed E-state index contributed by atoms with van der Waals surface area (Å²) < 4.78 is 55.0. The molecule has 1 aromatic heterocycles. The standard InChI is InChI=1S/C33H40N6O12P2/c1-20(31(42)49-22-14-32(15-22)12-5-13-32)37-52(43,51-25-9-4-7-21-6-2-3-8-23(21)25)47-16-26-28(40)29(41)33(17-34,50-26)27-11-10-24-30(35)38(18-36-39(24)27)19-48-53(44,45)46/h2-4,6-11,18,20,22,26,28-30,40-41H,5,12-16,19,35H2,1H3,(H,37,43)(H2,44,45,46)/t20-,26+,28+,29+,30?,33-,52?/m0/s1. The Morgan fingerprint density at radius 1 is 1.13 bits per heavy atom. The Morgan fingerprint density at radius 3 is 2.57 bits per heavy atom. The lowest BCUT2D eigenvalue weighted by Crippen LogP contribution is -2.49. The van der Waals surface area contributed by atoms with Gasteiger partial charge in [-0.05, 0) is 61.6 Å². The number of hydrogen-bond acceptors (Lipinski definition) is 14. The van der Waals surface area contributed by atoms with Crippen LogP contribution in [0.15, 0.2) is 59.7 Å². The van der Waals surface area contributed by atoms with E-state index in [0.29, 0.717) is 5.39 Å². The van der Waals surface area contributed by atoms with Crippen LogP contribution in [-0.4, -0.2) is 85.7 Å². The number of phosphoric ester groups is 1. The summed E-state index contributed by atoms with van der Waals surface area (Å²) >= 11 is 0. The van der Waals surface area contributed by atoms with E-state index in [2.05, 4.69) is 14.7 Å². The van der Waals surface area contributed by atoms with Crippen LogP contribution in [0.4, 0.5) is 0 Å². The molecule has 2 unspecified atom stereocenters. The molecule has 7 rings (SSSR count). The van der Waals surface area contributed by atoms with Gasteiger partial charge in [0.25, 0.3) is 0 Å². The number of fused-ring (bicyclic) bond motifs is 2. The lowest BCUT2D eigenvalue weighted by Gasteiger charge is -2.53. The van der Waals surface area contributed by atoms with Crippen LogP contribution in [0.3, 0.4) is 0 Å². The van der Waals surface area contributed by atoms with E-state index in [1.54, 1.807) is 24.3 Å². The molecule has 1 spiro atoms. The predicted octanol–water partition coefficient (Wildman–Crippen LogP) is 2.67. The Labute approximate surface area is 303 Å². The van der Waals surface area contributed by atoms with E-state index in [9.17, 15) is 29.4 Å². The van der Waals surface area contributed by atoms with Gasteiger partial charge in [-0.1, -0.05) is 42.8 Å². The number of carbonyl (C=O) groups is 1. The summed E-state index contributed by atoms with van der Waals surface area (Å²) in [6.45, 7) is 0.185. The van der Waals surface area contributed by atoms with Crippen molar-refractivity contribution >= 4 is 38.6 Å². The van der Waals surface area contributed by atoms with Gasteiger partial charge in [-0.25, -0.2) is 13.8 Å². The number of nitrogens with two attached hydrogens (primary N) is 1. The van der Waals surface area contributed by atoms with Gasteiger partial charge in [0.1, 0.15) is 61.5 Å². The Hall–Kier alpha value is -3.69. The van der Waals surface area contributed by atoms with Crippen LogP contribution in [0, 0.1) is 16.7 Å². The molecule has 1 saturated heterocycles. The molecule has 3 aromatic rings. The van der Waals surface area contributed by atoms with E-state index in [1.807, 2.05) is 24.3 Å². The molecule has 2 aliphatic carbocycles. The second kappa shape index (κ2) is 14.2. The molecule has 7 N–H and O–H groups in total. The summed E-state index contributed by atoms with van der Waals surface area (Å²) in [6.07, 6.45) is -0.239. The number of hydrogen-bond donors (Lipinski definition) is 6. The first-order chi connectivity index (χ1) is 25.1. The number of phosphoric acid groups is 1. The summed E-state index contributed by atoms with van der Waals surface area (Å²) in [4.78, 5) is 32.5. The molecule has 0 amide bonds. The molecule has 4 aliphatic rings. The first-order valence-corrected chi connectivity index (χ1v) is 20.1. The zero-order valence-electron chi connectivity index (χ0n) is 28.5. The second-order valence-electron chi connectivity index (χ2n) is 13.9. The molecule has 0 bridgehead atoms. The monoisotopic (exact) mass is 774 g/mol. The van der Waals surface area contributed by atoms with Crippen LogP contribution in [0.25, 0.3) is 10.8 Å². The van der Waals surface area contributed by atoms with E-state index in [4.69, 9.17) is 34.0 Å². The van der Waals surface area contributed by atoms with Crippen LogP contribution in [0.5, 0.6) is 5.75 Å². The summed E-state index contributed by atoms with van der Waals surface area (Å²) in [5, 5.41) is 41.1. The van der Waals surface area contributed by atoms with Gasteiger partial charge in [-0.15, -0.1) is 0 Å². The summed E-state index contributed by atoms with van der Waals surface area (Å²) in [6, 6.07) is 15.9. The Kier molecular flexibility index (Phi) is 10.1. The van der Waals surface area contributed by atoms with E-state index < -0.39 is 71.0 Å². The first-order valence-electron chi connectivity index (χ1n) is 17.0. The number of nitriles is 1. The van der Waals surface area contributed by atoms with Gasteiger partial charge in [0, 0.05) is 5.39 Å². The van der Waals surface area contributed by atoms with Crippen molar-refractivity contribution in [2.24, 2.45) is 16.3 Å². The van der Waals surface area contributed by atoms with Gasteiger partial charge in [0.15, 0.2) is 0 Å². The molecule has 3 fully saturated rings. The SMILES string of the molecule is C[C@H](NP(=O)(OC[C@H]1O[C@@](C#N)(c2ccc3n2N=CN(COP(=O)(O)O)C3N)[C@H](O)[C@@H]1O)Oc1cccc2ccccc12)C(=O)OC1CC2(CCC2)C1. The molecule has 0 radical (unpaired) electrons. The topological polar surface area (TPSA) is 261 Å². The number of ether oxygens (including phenoxy) is 2. The first kappa shape index (κ1) is 37.6. The fourth-order valence-electron chi connectivity index (χ4n) is 7.31. The van der Waals surface area contributed by atoms with Crippen molar-refractivity contribution in [3.63, 3.8) is 0 Å². The highest BCUT2D eigenvalue weighted by Crippen LogP contribution is 2.57. The summed E-state index contributed by atoms with van der Waals surface area (Å²) in [5.41, 5.74) is 4.49. The number of rotatable bonds is 13. The quantitative estimate of drug-likeness (QED) is 0.108. The highest BCUT2D eigenvalue weighted by atomic mass is 31.2. The number of esters is 1. The zero-order chi connectivity index (χ0) is 37.8. The van der Waals surface area contributed by atoms with Gasteiger partial charge in [0.2, 0.25) is 5.60 Å². The molecular formula is C33H40N6O12P2. The Morgan fingerprint density at radius 2 is 1.87 bits per heavy atom. The van der Waals surface area contributed by atoms with Gasteiger partial charge in [-0.2, -0.15) is 15.5 Å². The Bertz CT molecular complexity index is 2030. The van der Waals surface area contributed by atoms with Crippen molar-refractivity contribution in [3.8, 4) is 11.8 Å². The molecule has 3 heterocycles. The maximum absolute atomic E-state index is 14.5. The number of aliphatic hydroxyl groups is 2. The van der Waals surface area contributed by atoms with E-state index >= 15 is 0 Å². The third-order valence-electron chi connectivity index (χ3n) is 10.3. The molecule has 2 aliphatic heterocycles. The van der Waals surface area contributed by atoms with Crippen LogP contribution in [0.1, 0.15) is 56.6 Å². The minimum Gasteiger partial charge on any atom is -0.461 e. The largest absolute Gasteiger partial charge is 0.471 e. The van der Waals surface area contributed by atoms with Gasteiger partial charge < -0.3 is 44.6 Å². The van der Waals surface area contributed by atoms with E-state index in [0.717, 1.165) is 37.4 Å². The minimum absolute atomic E-state index is 0.0318. The minimum atomic E-state index is -4.82. The van der Waals surface area contributed by atoms with Crippen LogP contribution < -0.4 is 15.3 Å². The average molecular weight is 775 g/mol. The number of carbonyl (C=O) groups excluding carboxylic acids is 1. The molecule has 284 valence electrons. The number of aliphatic hydroxyl groups excluding tert-OH is 2. The normalized spacial score (nSPS) is 28.1. The predicted molar refractivity (Wildman–Crippen MR) is 185 cm³/mol. The number of benzene rings is 2. The molecule has 18 nitrogen and oxygen atoms in total. The smallest absolute Gasteiger partial charge is 0.461 e. The molecule has 2 saturated carbocycles. The van der Waals surface area contributed by atoms with Crippen molar-refractivity contribution in [2.45, 2.75) is 81.3 Å². The maximum atomic E-state index is 14.5. The number of aromatic nitrogens is 1. The maximum Gasteiger partial charge on any atom is 0.471 e. The third-order valence-corrected chi connectivity index (χ3v) is 12.4. The van der Waals surface area contributed by atoms with Crippen LogP contribution in [0.2, 0.25) is 0 Å². The van der Waals surface area contributed by atoms with Crippen molar-refractivity contribution in [3.05, 3.63) is 66.0 Å². The van der Waals surface area contributed by atoms with E-state index in [1.165, 1.54) is 35.1 Å². The molecule has 20 heteroatoms. The number of nitrogens with zero attached hydrogens (tertiary/aromatic N) is 4. The fraction of sp³-hybridized carbons (Fsp3) is 0.485. The van der Waals surface area contributed by atoms with Crippen molar-refractivity contribution < 1.29 is 57.0 Å². The molecule has 2 aromatic carbocycles. The highest BCUT2D eigenvalue weighted by Gasteiger charge is 2.58. The Balaban J connectivity index is 1.09. The average Bonchev–Trinajstić information content (AvgIpc) is 3.63. The third kappa shape index (κ3) is 7.28. The van der Waals surface area contributed by atoms with Crippen molar-refractivity contribution in [1.29, 1.82) is 5.26 Å². The number of nitrogens with one attached hydrogen (secondary N) is 1. The van der Waals surface area contributed by atoms with E-state index in [-0.39, 0.29) is 28.7 Å². The highest BCUT2D eigenvalue weighted by molar-refractivity contribution is 7.52. The van der Waals surface area contributed by atoms with Gasteiger partial charge in [-0.3, -0.25) is 13.8 Å². The molecule has 53 heavy (non-hydrogen) atoms. The summed E-state index contributed by atoms with van der Waals surface area (Å²) in [5.74, 6) is -0.465. The van der Waals surface area contributed by atoms with Gasteiger partial charge >= 0.3 is 21.5 Å². The molecule has 7 atom stereocenters. The molecular weight excluding hydrogens is 734 g/mol. The van der Waals surface area contributed by atoms with Crippen molar-refractivity contribution in [1.82, 2.24) is 14.7 Å². The lowest BCUT2D eigenvalue weighted by molar-refractivity contribution is -0.169. The van der Waals surface area contributed by atoms with Gasteiger partial charge in [0.05, 0.1) is 18.0 Å². The van der Waals surface area contributed by atoms with Crippen LogP contribution >= 0.6 is 15.6 Å². The summed E-state index contributed by atoms with van der Waals surface area (Å²) in [7, 11) is -9.32. The fourth-order valence-corrected chi connectivity index (χ4v) is 9.11. The second-order valence-corrected chi connectivity index (χ2v) is 16.8.